The van der Waals surface area contributed by atoms with Crippen molar-refractivity contribution < 1.29 is 18.3 Å². The topological polar surface area (TPSA) is 34.5 Å². The molecule has 1 fully saturated rings. The number of thiophene rings is 1. The first kappa shape index (κ1) is 20.6. The van der Waals surface area contributed by atoms with E-state index >= 15 is 0 Å². The highest BCUT2D eigenvalue weighted by Gasteiger charge is 2.32. The maximum absolute atomic E-state index is 13.9. The van der Waals surface area contributed by atoms with Crippen molar-refractivity contribution in [1.82, 2.24) is 9.47 Å². The molecule has 0 aliphatic carbocycles. The second kappa shape index (κ2) is 8.67. The van der Waals surface area contributed by atoms with Gasteiger partial charge in [0.05, 0.1) is 5.56 Å². The summed E-state index contributed by atoms with van der Waals surface area (Å²) < 4.78 is 34.8. The Morgan fingerprint density at radius 2 is 1.90 bits per heavy atom. The second-order valence-electron chi connectivity index (χ2n) is 7.76. The lowest BCUT2D eigenvalue weighted by Gasteiger charge is -2.32. The highest BCUT2D eigenvalue weighted by molar-refractivity contribution is 7.98. The maximum atomic E-state index is 13.9. The van der Waals surface area contributed by atoms with Gasteiger partial charge in [-0.3, -0.25) is 4.79 Å². The van der Waals surface area contributed by atoms with Crippen molar-refractivity contribution in [1.29, 1.82) is 0 Å². The standard InChI is InChI=1S/C23H22F2N2O2S2/c24-15-3-4-19(18(25)13-15)29-16-5-10-26(11-6-16)22(28)21-17-7-12-30-14-20(17)31-23(21)27-8-1-2-9-27/h1-4,8-9,13,16H,5-7,10-12,14H2. The van der Waals surface area contributed by atoms with Gasteiger partial charge in [-0.2, -0.15) is 11.8 Å². The lowest BCUT2D eigenvalue weighted by atomic mass is 10.0. The fraction of sp³-hybridized carbons (Fsp3) is 0.348. The Morgan fingerprint density at radius 3 is 2.65 bits per heavy atom. The maximum Gasteiger partial charge on any atom is 0.257 e. The molecular weight excluding hydrogens is 438 g/mol. The van der Waals surface area contributed by atoms with Crippen molar-refractivity contribution in [3.05, 3.63) is 70.4 Å². The van der Waals surface area contributed by atoms with Gasteiger partial charge in [0.25, 0.3) is 5.91 Å². The summed E-state index contributed by atoms with van der Waals surface area (Å²) in [5.74, 6) is 0.804. The van der Waals surface area contributed by atoms with Crippen molar-refractivity contribution in [2.24, 2.45) is 0 Å². The predicted molar refractivity (Wildman–Crippen MR) is 119 cm³/mol. The van der Waals surface area contributed by atoms with Crippen LogP contribution in [0.5, 0.6) is 5.75 Å². The van der Waals surface area contributed by atoms with Crippen LogP contribution in [0.1, 0.15) is 33.6 Å². The smallest absolute Gasteiger partial charge is 0.257 e. The second-order valence-corrected chi connectivity index (χ2v) is 9.95. The van der Waals surface area contributed by atoms with Crippen molar-refractivity contribution in [2.75, 3.05) is 18.8 Å². The highest BCUT2D eigenvalue weighted by Crippen LogP contribution is 2.39. The van der Waals surface area contributed by atoms with Gasteiger partial charge in [-0.15, -0.1) is 11.3 Å². The number of ether oxygens (including phenoxy) is 1. The molecule has 0 radical (unpaired) electrons. The number of halogens is 2. The third-order valence-electron chi connectivity index (χ3n) is 5.77. The van der Waals surface area contributed by atoms with Gasteiger partial charge in [0, 0.05) is 55.0 Å². The zero-order chi connectivity index (χ0) is 21.4. The number of hydrogen-bond acceptors (Lipinski definition) is 4. The number of carbonyl (C=O) groups excluding carboxylic acids is 1. The SMILES string of the molecule is O=C(c1c(-n2cccc2)sc2c1CCSC2)N1CCC(Oc2ccc(F)cc2F)CC1. The van der Waals surface area contributed by atoms with Crippen LogP contribution in [0.15, 0.2) is 42.7 Å². The monoisotopic (exact) mass is 460 g/mol. The van der Waals surface area contributed by atoms with Crippen LogP contribution in [0, 0.1) is 11.6 Å². The zero-order valence-electron chi connectivity index (χ0n) is 16.9. The van der Waals surface area contributed by atoms with Gasteiger partial charge in [0.2, 0.25) is 0 Å². The number of piperidine rings is 1. The molecule has 0 unspecified atom stereocenters. The Bertz CT molecular complexity index is 1090. The number of amides is 1. The first-order valence-electron chi connectivity index (χ1n) is 10.4. The average Bonchev–Trinajstić information content (AvgIpc) is 3.43. The molecule has 8 heteroatoms. The molecule has 2 aliphatic heterocycles. The third-order valence-corrected chi connectivity index (χ3v) is 8.18. The molecule has 2 aliphatic rings. The van der Waals surface area contributed by atoms with E-state index in [0.717, 1.165) is 34.6 Å². The summed E-state index contributed by atoms with van der Waals surface area (Å²) in [4.78, 5) is 16.8. The minimum atomic E-state index is -0.697. The molecule has 0 atom stereocenters. The van der Waals surface area contributed by atoms with E-state index in [4.69, 9.17) is 4.74 Å². The van der Waals surface area contributed by atoms with Gasteiger partial charge in [-0.05, 0) is 42.0 Å². The van der Waals surface area contributed by atoms with Crippen molar-refractivity contribution >= 4 is 29.0 Å². The van der Waals surface area contributed by atoms with Crippen LogP contribution in [0.3, 0.4) is 0 Å². The number of aromatic nitrogens is 1. The zero-order valence-corrected chi connectivity index (χ0v) is 18.5. The highest BCUT2D eigenvalue weighted by atomic mass is 32.2. The van der Waals surface area contributed by atoms with E-state index in [1.165, 1.54) is 22.6 Å². The normalized spacial score (nSPS) is 16.9. The molecule has 0 N–H and O–H groups in total. The average molecular weight is 461 g/mol. The van der Waals surface area contributed by atoms with Gasteiger partial charge in [-0.1, -0.05) is 0 Å². The van der Waals surface area contributed by atoms with E-state index in [1.807, 2.05) is 45.8 Å². The molecule has 3 aromatic rings. The molecule has 4 nitrogen and oxygen atoms in total. The van der Waals surface area contributed by atoms with Gasteiger partial charge < -0.3 is 14.2 Å². The molecule has 162 valence electrons. The Kier molecular flexibility index (Phi) is 5.75. The molecule has 4 heterocycles. The first-order chi connectivity index (χ1) is 15.1. The van der Waals surface area contributed by atoms with E-state index in [1.54, 1.807) is 11.3 Å². The molecule has 1 amide bonds. The molecular formula is C23H22F2N2O2S2. The molecule has 5 rings (SSSR count). The minimum Gasteiger partial charge on any atom is -0.487 e. The number of fused-ring (bicyclic) bond motifs is 1. The molecule has 0 saturated carbocycles. The van der Waals surface area contributed by atoms with Crippen LogP contribution in [0.4, 0.5) is 8.78 Å². The number of carbonyl (C=O) groups is 1. The van der Waals surface area contributed by atoms with Crippen molar-refractivity contribution in [2.45, 2.75) is 31.1 Å². The Labute approximate surface area is 187 Å². The number of hydrogen-bond donors (Lipinski definition) is 0. The third kappa shape index (κ3) is 4.11. The van der Waals surface area contributed by atoms with Gasteiger partial charge >= 0.3 is 0 Å². The lowest BCUT2D eigenvalue weighted by Crippen LogP contribution is -2.42. The van der Waals surface area contributed by atoms with E-state index < -0.39 is 11.6 Å². The molecule has 1 aromatic carbocycles. The fourth-order valence-electron chi connectivity index (χ4n) is 4.18. The van der Waals surface area contributed by atoms with Crippen LogP contribution in [0.2, 0.25) is 0 Å². The number of likely N-dealkylation sites (tertiary alicyclic amines) is 1. The molecule has 1 saturated heterocycles. The van der Waals surface area contributed by atoms with E-state index in [9.17, 15) is 13.6 Å². The van der Waals surface area contributed by atoms with Crippen molar-refractivity contribution in [3.8, 4) is 10.8 Å². The van der Waals surface area contributed by atoms with Gasteiger partial charge in [-0.25, -0.2) is 8.78 Å². The lowest BCUT2D eigenvalue weighted by molar-refractivity contribution is 0.0587. The Hall–Kier alpha value is -2.32. The van der Waals surface area contributed by atoms with Crippen molar-refractivity contribution in [3.63, 3.8) is 0 Å². The van der Waals surface area contributed by atoms with Crippen LogP contribution in [-0.4, -0.2) is 40.3 Å². The molecule has 0 bridgehead atoms. The summed E-state index contributed by atoms with van der Waals surface area (Å²) in [5, 5.41) is 0.995. The predicted octanol–water partition coefficient (Wildman–Crippen LogP) is 5.29. The number of thioether (sulfide) groups is 1. The van der Waals surface area contributed by atoms with Crippen LogP contribution in [0.25, 0.3) is 5.00 Å². The largest absolute Gasteiger partial charge is 0.487 e. The Morgan fingerprint density at radius 1 is 1.13 bits per heavy atom. The molecule has 31 heavy (non-hydrogen) atoms. The summed E-state index contributed by atoms with van der Waals surface area (Å²) in [7, 11) is 0. The first-order valence-corrected chi connectivity index (χ1v) is 12.3. The van der Waals surface area contributed by atoms with Gasteiger partial charge in [0.15, 0.2) is 11.6 Å². The summed E-state index contributed by atoms with van der Waals surface area (Å²) in [5.41, 5.74) is 2.03. The Balaban J connectivity index is 1.32. The summed E-state index contributed by atoms with van der Waals surface area (Å²) in [6.07, 6.45) is 5.92. The molecule has 0 spiro atoms. The quantitative estimate of drug-likeness (QED) is 0.531. The van der Waals surface area contributed by atoms with E-state index in [0.29, 0.717) is 25.9 Å². The number of benzene rings is 1. The minimum absolute atomic E-state index is 0.0606. The van der Waals surface area contributed by atoms with Crippen LogP contribution >= 0.6 is 23.1 Å². The summed E-state index contributed by atoms with van der Waals surface area (Å²) >= 11 is 3.63. The fourth-order valence-corrected chi connectivity index (χ4v) is 6.61. The number of nitrogens with zero attached hydrogens (tertiary/aromatic N) is 2. The van der Waals surface area contributed by atoms with E-state index in [-0.39, 0.29) is 17.8 Å². The molecule has 2 aromatic heterocycles. The van der Waals surface area contributed by atoms with Gasteiger partial charge in [0.1, 0.15) is 16.9 Å². The van der Waals surface area contributed by atoms with Crippen LogP contribution < -0.4 is 4.74 Å². The van der Waals surface area contributed by atoms with Crippen LogP contribution in [-0.2, 0) is 12.2 Å². The number of rotatable bonds is 4. The van der Waals surface area contributed by atoms with E-state index in [2.05, 4.69) is 0 Å². The summed E-state index contributed by atoms with van der Waals surface area (Å²) in [6, 6.07) is 7.28. The summed E-state index contributed by atoms with van der Waals surface area (Å²) in [6.45, 7) is 1.10.